The summed E-state index contributed by atoms with van der Waals surface area (Å²) in [4.78, 5) is 0. The number of hydrogen-bond acceptors (Lipinski definition) is 0. The number of aryl methyl sites for hydroxylation is 2. The van der Waals surface area contributed by atoms with Gasteiger partial charge in [-0.15, -0.1) is 0 Å². The fourth-order valence-corrected chi connectivity index (χ4v) is 2.56. The van der Waals surface area contributed by atoms with Gasteiger partial charge in [-0.25, -0.2) is 0 Å². The molecule has 0 radical (unpaired) electrons. The lowest BCUT2D eigenvalue weighted by Gasteiger charge is -2.11. The highest BCUT2D eigenvalue weighted by molar-refractivity contribution is 6.05. The quantitative estimate of drug-likeness (QED) is 0.443. The second kappa shape index (κ2) is 5.22. The topological polar surface area (TPSA) is 0 Å². The van der Waals surface area contributed by atoms with Crippen molar-refractivity contribution in [2.75, 3.05) is 0 Å². The van der Waals surface area contributed by atoms with E-state index >= 15 is 0 Å². The summed E-state index contributed by atoms with van der Waals surface area (Å²) in [6, 6.07) is 17.3. The van der Waals surface area contributed by atoms with E-state index in [1.807, 2.05) is 13.8 Å². The third kappa shape index (κ3) is 1.88. The predicted molar refractivity (Wildman–Crippen MR) is 82.3 cm³/mol. The van der Waals surface area contributed by atoms with Crippen LogP contribution in [0.3, 0.4) is 0 Å². The minimum Gasteiger partial charge on any atom is -0.0683 e. The van der Waals surface area contributed by atoms with Crippen LogP contribution in [0.15, 0.2) is 48.5 Å². The lowest BCUT2D eigenvalue weighted by molar-refractivity contribution is 1.50. The summed E-state index contributed by atoms with van der Waals surface area (Å²) >= 11 is 0. The first-order chi connectivity index (χ1) is 8.79. The fraction of sp³-hybridized carbons (Fsp3) is 0.222. The Morgan fingerprint density at radius 1 is 0.500 bits per heavy atom. The molecule has 0 saturated carbocycles. The molecule has 0 heterocycles. The monoisotopic (exact) mass is 236 g/mol. The average Bonchev–Trinajstić information content (AvgIpc) is 2.47. The third-order valence-electron chi connectivity index (χ3n) is 3.47. The standard InChI is InChI=1S/C16H14.C2H6/c1-11-13-7-3-5-9-15(13)12(2)16-10-6-4-8-14(11)16;1-2/h3-10H,1-2H3;1-2H3. The zero-order valence-corrected chi connectivity index (χ0v) is 11.6. The second-order valence-corrected chi connectivity index (χ2v) is 4.34. The summed E-state index contributed by atoms with van der Waals surface area (Å²) in [5.74, 6) is 0. The van der Waals surface area contributed by atoms with Gasteiger partial charge in [-0.2, -0.15) is 0 Å². The molecule has 0 unspecified atom stereocenters. The highest BCUT2D eigenvalue weighted by Gasteiger charge is 2.06. The Kier molecular flexibility index (Phi) is 3.66. The molecule has 0 spiro atoms. The maximum atomic E-state index is 2.21. The molecule has 0 saturated heterocycles. The summed E-state index contributed by atoms with van der Waals surface area (Å²) in [5.41, 5.74) is 2.77. The molecular formula is C18H20. The Morgan fingerprint density at radius 2 is 0.722 bits per heavy atom. The molecule has 3 rings (SSSR count). The fourth-order valence-electron chi connectivity index (χ4n) is 2.56. The minimum atomic E-state index is 1.37. The van der Waals surface area contributed by atoms with Crippen molar-refractivity contribution in [3.63, 3.8) is 0 Å². The average molecular weight is 236 g/mol. The highest BCUT2D eigenvalue weighted by atomic mass is 14.1. The van der Waals surface area contributed by atoms with Gasteiger partial charge in [0.25, 0.3) is 0 Å². The summed E-state index contributed by atoms with van der Waals surface area (Å²) in [6.07, 6.45) is 0. The summed E-state index contributed by atoms with van der Waals surface area (Å²) in [6.45, 7) is 8.42. The van der Waals surface area contributed by atoms with Crippen LogP contribution >= 0.6 is 0 Å². The molecular weight excluding hydrogens is 216 g/mol. The lowest BCUT2D eigenvalue weighted by atomic mass is 9.93. The number of rotatable bonds is 0. The van der Waals surface area contributed by atoms with E-state index in [1.54, 1.807) is 0 Å². The van der Waals surface area contributed by atoms with E-state index in [2.05, 4.69) is 62.4 Å². The normalized spacial score (nSPS) is 10.2. The molecule has 0 aliphatic heterocycles. The Hall–Kier alpha value is -1.82. The first-order valence-corrected chi connectivity index (χ1v) is 6.65. The molecule has 0 heteroatoms. The van der Waals surface area contributed by atoms with Crippen LogP contribution in [0.25, 0.3) is 21.5 Å². The van der Waals surface area contributed by atoms with Gasteiger partial charge in [0.1, 0.15) is 0 Å². The zero-order chi connectivity index (χ0) is 13.1. The van der Waals surface area contributed by atoms with Gasteiger partial charge in [0.2, 0.25) is 0 Å². The van der Waals surface area contributed by atoms with Crippen LogP contribution in [0.5, 0.6) is 0 Å². The number of hydrogen-bond donors (Lipinski definition) is 0. The van der Waals surface area contributed by atoms with E-state index in [9.17, 15) is 0 Å². The van der Waals surface area contributed by atoms with Crippen molar-refractivity contribution in [2.24, 2.45) is 0 Å². The molecule has 3 aromatic rings. The number of fused-ring (bicyclic) bond motifs is 2. The molecule has 0 atom stereocenters. The molecule has 0 fully saturated rings. The Bertz CT molecular complexity index is 561. The smallest absolute Gasteiger partial charge is 0.0146 e. The maximum absolute atomic E-state index is 2.21. The van der Waals surface area contributed by atoms with E-state index in [0.717, 1.165) is 0 Å². The molecule has 3 aromatic carbocycles. The van der Waals surface area contributed by atoms with Crippen LogP contribution in [-0.4, -0.2) is 0 Å². The molecule has 0 aromatic heterocycles. The molecule has 0 aliphatic rings. The van der Waals surface area contributed by atoms with Crippen molar-refractivity contribution in [1.82, 2.24) is 0 Å². The van der Waals surface area contributed by atoms with E-state index in [-0.39, 0.29) is 0 Å². The van der Waals surface area contributed by atoms with Gasteiger partial charge in [0.05, 0.1) is 0 Å². The third-order valence-corrected chi connectivity index (χ3v) is 3.47. The Labute approximate surface area is 109 Å². The van der Waals surface area contributed by atoms with Crippen LogP contribution in [0.1, 0.15) is 25.0 Å². The molecule has 0 N–H and O–H groups in total. The highest BCUT2D eigenvalue weighted by Crippen LogP contribution is 2.31. The SMILES string of the molecule is CC.Cc1c2ccccc2c(C)c2ccccc12. The largest absolute Gasteiger partial charge is 0.0683 e. The Morgan fingerprint density at radius 3 is 0.944 bits per heavy atom. The van der Waals surface area contributed by atoms with Crippen LogP contribution < -0.4 is 0 Å². The van der Waals surface area contributed by atoms with Gasteiger partial charge in [-0.05, 0) is 46.5 Å². The van der Waals surface area contributed by atoms with E-state index < -0.39 is 0 Å². The van der Waals surface area contributed by atoms with Gasteiger partial charge in [-0.1, -0.05) is 62.4 Å². The Balaban J connectivity index is 0.000000574. The van der Waals surface area contributed by atoms with Gasteiger partial charge in [0.15, 0.2) is 0 Å². The van der Waals surface area contributed by atoms with E-state index in [0.29, 0.717) is 0 Å². The summed E-state index contributed by atoms with van der Waals surface area (Å²) in [7, 11) is 0. The summed E-state index contributed by atoms with van der Waals surface area (Å²) in [5, 5.41) is 5.50. The molecule has 0 aliphatic carbocycles. The van der Waals surface area contributed by atoms with E-state index in [1.165, 1.54) is 32.7 Å². The van der Waals surface area contributed by atoms with Crippen molar-refractivity contribution in [3.8, 4) is 0 Å². The zero-order valence-electron chi connectivity index (χ0n) is 11.6. The molecule has 18 heavy (non-hydrogen) atoms. The van der Waals surface area contributed by atoms with Crippen LogP contribution in [-0.2, 0) is 0 Å². The van der Waals surface area contributed by atoms with Crippen LogP contribution in [0.4, 0.5) is 0 Å². The molecule has 0 amide bonds. The first-order valence-electron chi connectivity index (χ1n) is 6.65. The van der Waals surface area contributed by atoms with Gasteiger partial charge < -0.3 is 0 Å². The predicted octanol–water partition coefficient (Wildman–Crippen LogP) is 5.64. The van der Waals surface area contributed by atoms with Gasteiger partial charge in [0, 0.05) is 0 Å². The molecule has 0 nitrogen and oxygen atoms in total. The number of benzene rings is 3. The van der Waals surface area contributed by atoms with Gasteiger partial charge >= 0.3 is 0 Å². The van der Waals surface area contributed by atoms with Crippen LogP contribution in [0, 0.1) is 13.8 Å². The van der Waals surface area contributed by atoms with Crippen molar-refractivity contribution < 1.29 is 0 Å². The van der Waals surface area contributed by atoms with Crippen molar-refractivity contribution in [1.29, 1.82) is 0 Å². The lowest BCUT2D eigenvalue weighted by Crippen LogP contribution is -1.87. The molecule has 0 bridgehead atoms. The van der Waals surface area contributed by atoms with Crippen LogP contribution in [0.2, 0.25) is 0 Å². The second-order valence-electron chi connectivity index (χ2n) is 4.34. The molecule has 92 valence electrons. The minimum absolute atomic E-state index is 1.37. The first kappa shape index (κ1) is 12.6. The van der Waals surface area contributed by atoms with Gasteiger partial charge in [-0.3, -0.25) is 0 Å². The van der Waals surface area contributed by atoms with Crippen molar-refractivity contribution in [2.45, 2.75) is 27.7 Å². The summed E-state index contributed by atoms with van der Waals surface area (Å²) < 4.78 is 0. The van der Waals surface area contributed by atoms with Crippen molar-refractivity contribution in [3.05, 3.63) is 59.7 Å². The maximum Gasteiger partial charge on any atom is -0.0146 e. The van der Waals surface area contributed by atoms with Crippen molar-refractivity contribution >= 4 is 21.5 Å². The van der Waals surface area contributed by atoms with E-state index in [4.69, 9.17) is 0 Å².